The molecule has 0 aliphatic carbocycles. The van der Waals surface area contributed by atoms with Gasteiger partial charge in [-0.2, -0.15) is 0 Å². The highest BCUT2D eigenvalue weighted by Gasteiger charge is 2.18. The van der Waals surface area contributed by atoms with Crippen molar-refractivity contribution in [3.63, 3.8) is 0 Å². The van der Waals surface area contributed by atoms with Gasteiger partial charge in [-0.05, 0) is 19.3 Å². The molecule has 0 N–H and O–H groups in total. The Labute approximate surface area is 66.6 Å². The molecule has 1 aliphatic heterocycles. The summed E-state index contributed by atoms with van der Waals surface area (Å²) in [5.74, 6) is 0. The maximum absolute atomic E-state index is 10.9. The number of carbonyl (C=O) groups is 1. The Morgan fingerprint density at radius 3 is 3.10 bits per heavy atom. The van der Waals surface area contributed by atoms with Crippen LogP contribution in [0.4, 0.5) is 0 Å². The van der Waals surface area contributed by atoms with Crippen molar-refractivity contribution in [1.29, 1.82) is 0 Å². The van der Waals surface area contributed by atoms with E-state index in [0.29, 0.717) is 10.4 Å². The van der Waals surface area contributed by atoms with Gasteiger partial charge in [0, 0.05) is 11.7 Å². The quantitative estimate of drug-likeness (QED) is 0.614. The Kier molecular flexibility index (Phi) is 3.26. The molecule has 0 aromatic carbocycles. The highest BCUT2D eigenvalue weighted by molar-refractivity contribution is 8.14. The molecule has 58 valence electrons. The lowest BCUT2D eigenvalue weighted by molar-refractivity contribution is -0.111. The molecule has 1 saturated heterocycles. The Morgan fingerprint density at radius 1 is 1.70 bits per heavy atom. The van der Waals surface area contributed by atoms with E-state index in [1.807, 2.05) is 0 Å². The predicted octanol–water partition coefficient (Wildman–Crippen LogP) is 2.60. The molecule has 0 unspecified atom stereocenters. The number of thioether (sulfide) groups is 1. The Hall–Kier alpha value is 0.0200. The van der Waals surface area contributed by atoms with Crippen LogP contribution in [-0.4, -0.2) is 10.4 Å². The van der Waals surface area contributed by atoms with Crippen LogP contribution in [0.25, 0.3) is 0 Å². The van der Waals surface area contributed by atoms with E-state index in [-0.39, 0.29) is 0 Å². The van der Waals surface area contributed by atoms with Crippen molar-refractivity contribution in [3.05, 3.63) is 0 Å². The summed E-state index contributed by atoms with van der Waals surface area (Å²) in [5.41, 5.74) is 0. The fourth-order valence-electron chi connectivity index (χ4n) is 1.30. The van der Waals surface area contributed by atoms with Crippen LogP contribution in [0.3, 0.4) is 0 Å². The Morgan fingerprint density at radius 2 is 2.50 bits per heavy atom. The normalized spacial score (nSPS) is 26.9. The summed E-state index contributed by atoms with van der Waals surface area (Å²) >= 11 is 1.57. The van der Waals surface area contributed by atoms with Crippen molar-refractivity contribution in [3.8, 4) is 0 Å². The first-order valence-electron chi connectivity index (χ1n) is 4.02. The molecule has 0 aromatic rings. The lowest BCUT2D eigenvalue weighted by Gasteiger charge is -2.18. The largest absolute Gasteiger partial charge is 0.287 e. The zero-order valence-corrected chi connectivity index (χ0v) is 7.25. The summed E-state index contributed by atoms with van der Waals surface area (Å²) in [6, 6.07) is 0. The molecule has 2 heteroatoms. The van der Waals surface area contributed by atoms with Gasteiger partial charge in [-0.3, -0.25) is 4.79 Å². The van der Waals surface area contributed by atoms with E-state index in [4.69, 9.17) is 0 Å². The summed E-state index contributed by atoms with van der Waals surface area (Å²) in [5, 5.41) is 1.05. The highest BCUT2D eigenvalue weighted by Crippen LogP contribution is 2.29. The monoisotopic (exact) mass is 158 g/mol. The van der Waals surface area contributed by atoms with Gasteiger partial charge in [0.05, 0.1) is 0 Å². The summed E-state index contributed by atoms with van der Waals surface area (Å²) in [6.45, 7) is 2.18. The van der Waals surface area contributed by atoms with Crippen LogP contribution in [0.2, 0.25) is 0 Å². The smallest absolute Gasteiger partial charge is 0.189 e. The number of carbonyl (C=O) groups excluding carboxylic acids is 1. The van der Waals surface area contributed by atoms with Gasteiger partial charge >= 0.3 is 0 Å². The van der Waals surface area contributed by atoms with Crippen LogP contribution in [0.1, 0.15) is 39.0 Å². The van der Waals surface area contributed by atoms with Crippen molar-refractivity contribution in [2.24, 2.45) is 0 Å². The topological polar surface area (TPSA) is 17.1 Å². The van der Waals surface area contributed by atoms with Crippen LogP contribution in [0.5, 0.6) is 0 Å². The zero-order chi connectivity index (χ0) is 7.40. The first-order valence-corrected chi connectivity index (χ1v) is 4.90. The van der Waals surface area contributed by atoms with Crippen LogP contribution >= 0.6 is 11.8 Å². The SMILES string of the molecule is CCC[C@@H]1CCCC(=O)S1. The van der Waals surface area contributed by atoms with E-state index in [0.717, 1.165) is 12.8 Å². The maximum Gasteiger partial charge on any atom is 0.189 e. The maximum atomic E-state index is 10.9. The lowest BCUT2D eigenvalue weighted by atomic mass is 10.1. The number of rotatable bonds is 2. The van der Waals surface area contributed by atoms with E-state index in [1.165, 1.54) is 19.3 Å². The van der Waals surface area contributed by atoms with Crippen molar-refractivity contribution < 1.29 is 4.79 Å². The molecule has 10 heavy (non-hydrogen) atoms. The van der Waals surface area contributed by atoms with Gasteiger partial charge in [0.1, 0.15) is 0 Å². The summed E-state index contributed by atoms with van der Waals surface area (Å²) in [7, 11) is 0. The van der Waals surface area contributed by atoms with Crippen LogP contribution < -0.4 is 0 Å². The van der Waals surface area contributed by atoms with Crippen LogP contribution in [0.15, 0.2) is 0 Å². The minimum Gasteiger partial charge on any atom is -0.287 e. The minimum atomic E-state index is 0.407. The zero-order valence-electron chi connectivity index (χ0n) is 6.43. The molecule has 0 radical (unpaired) electrons. The summed E-state index contributed by atoms with van der Waals surface area (Å²) < 4.78 is 0. The lowest BCUT2D eigenvalue weighted by Crippen LogP contribution is -2.12. The molecule has 0 bridgehead atoms. The highest BCUT2D eigenvalue weighted by atomic mass is 32.2. The van der Waals surface area contributed by atoms with Crippen LogP contribution in [0, 0.1) is 0 Å². The molecule has 1 heterocycles. The summed E-state index contributed by atoms with van der Waals surface area (Å²) in [6.07, 6.45) is 5.62. The van der Waals surface area contributed by atoms with E-state index >= 15 is 0 Å². The fourth-order valence-corrected chi connectivity index (χ4v) is 2.58. The second kappa shape index (κ2) is 4.02. The van der Waals surface area contributed by atoms with Gasteiger partial charge in [-0.15, -0.1) is 0 Å². The first-order chi connectivity index (χ1) is 4.83. The number of hydrogen-bond acceptors (Lipinski definition) is 2. The molecule has 1 fully saturated rings. The molecule has 0 spiro atoms. The van der Waals surface area contributed by atoms with Gasteiger partial charge in [-0.25, -0.2) is 0 Å². The Balaban J connectivity index is 2.25. The van der Waals surface area contributed by atoms with E-state index in [1.54, 1.807) is 11.8 Å². The fraction of sp³-hybridized carbons (Fsp3) is 0.875. The molecule has 0 amide bonds. The first kappa shape index (κ1) is 8.12. The van der Waals surface area contributed by atoms with Crippen molar-refractivity contribution >= 4 is 16.9 Å². The number of hydrogen-bond donors (Lipinski definition) is 0. The summed E-state index contributed by atoms with van der Waals surface area (Å²) in [4.78, 5) is 10.9. The molecule has 1 atom stereocenters. The molecule has 1 aliphatic rings. The Bertz CT molecular complexity index is 120. The van der Waals surface area contributed by atoms with Crippen molar-refractivity contribution in [1.82, 2.24) is 0 Å². The average molecular weight is 158 g/mol. The second-order valence-corrected chi connectivity index (χ2v) is 4.15. The molecule has 1 nitrogen and oxygen atoms in total. The minimum absolute atomic E-state index is 0.407. The third kappa shape index (κ3) is 2.33. The van der Waals surface area contributed by atoms with E-state index in [9.17, 15) is 4.79 Å². The van der Waals surface area contributed by atoms with Gasteiger partial charge < -0.3 is 0 Å². The van der Waals surface area contributed by atoms with Gasteiger partial charge in [0.2, 0.25) is 0 Å². The van der Waals surface area contributed by atoms with Gasteiger partial charge in [-0.1, -0.05) is 25.1 Å². The van der Waals surface area contributed by atoms with Crippen molar-refractivity contribution in [2.45, 2.75) is 44.3 Å². The van der Waals surface area contributed by atoms with Gasteiger partial charge in [0.15, 0.2) is 5.12 Å². The van der Waals surface area contributed by atoms with Crippen molar-refractivity contribution in [2.75, 3.05) is 0 Å². The molecular weight excluding hydrogens is 144 g/mol. The predicted molar refractivity (Wildman–Crippen MR) is 45.1 cm³/mol. The molecular formula is C8H14OS. The van der Waals surface area contributed by atoms with Crippen LogP contribution in [-0.2, 0) is 4.79 Å². The third-order valence-electron chi connectivity index (χ3n) is 1.82. The molecule has 0 saturated carbocycles. The third-order valence-corrected chi connectivity index (χ3v) is 3.09. The van der Waals surface area contributed by atoms with E-state index in [2.05, 4.69) is 6.92 Å². The second-order valence-electron chi connectivity index (χ2n) is 2.79. The van der Waals surface area contributed by atoms with Gasteiger partial charge in [0.25, 0.3) is 0 Å². The average Bonchev–Trinajstić information content (AvgIpc) is 1.88. The standard InChI is InChI=1S/C8H14OS/c1-2-4-7-5-3-6-8(9)10-7/h7H,2-6H2,1H3/t7-/m1/s1. The van der Waals surface area contributed by atoms with E-state index < -0.39 is 0 Å². The molecule has 0 aromatic heterocycles. The molecule has 1 rings (SSSR count).